The third-order valence-electron chi connectivity index (χ3n) is 4.05. The van der Waals surface area contributed by atoms with E-state index in [1.807, 2.05) is 25.1 Å². The van der Waals surface area contributed by atoms with Crippen LogP contribution in [0.5, 0.6) is 11.5 Å². The van der Waals surface area contributed by atoms with Gasteiger partial charge in [0.1, 0.15) is 11.5 Å². The highest BCUT2D eigenvalue weighted by Crippen LogP contribution is 2.33. The quantitative estimate of drug-likeness (QED) is 0.592. The number of rotatable bonds is 12. The van der Waals surface area contributed by atoms with Crippen molar-refractivity contribution >= 4 is 0 Å². The molecule has 1 aromatic rings. The fourth-order valence-corrected chi connectivity index (χ4v) is 2.67. The van der Waals surface area contributed by atoms with Crippen molar-refractivity contribution in [3.8, 4) is 11.5 Å². The number of hydrogen-bond acceptors (Lipinski definition) is 5. The van der Waals surface area contributed by atoms with Crippen LogP contribution in [0, 0.1) is 0 Å². The van der Waals surface area contributed by atoms with Gasteiger partial charge in [-0.25, -0.2) is 0 Å². The fraction of sp³-hybridized carbons (Fsp3) is 0.684. The molecule has 1 aliphatic rings. The van der Waals surface area contributed by atoms with E-state index < -0.39 is 0 Å². The highest BCUT2D eigenvalue weighted by atomic mass is 16.5. The summed E-state index contributed by atoms with van der Waals surface area (Å²) in [5.41, 5.74) is 7.17. The highest BCUT2D eigenvalue weighted by molar-refractivity contribution is 5.43. The van der Waals surface area contributed by atoms with Crippen LogP contribution in [0.25, 0.3) is 0 Å². The Balaban J connectivity index is 1.51. The van der Waals surface area contributed by atoms with Gasteiger partial charge in [0.2, 0.25) is 0 Å². The van der Waals surface area contributed by atoms with Crippen molar-refractivity contribution in [3.05, 3.63) is 23.8 Å². The summed E-state index contributed by atoms with van der Waals surface area (Å²) in [7, 11) is 0. The Morgan fingerprint density at radius 1 is 1.04 bits per heavy atom. The zero-order valence-corrected chi connectivity index (χ0v) is 14.8. The van der Waals surface area contributed by atoms with E-state index >= 15 is 0 Å². The maximum Gasteiger partial charge on any atom is 0.124 e. The third kappa shape index (κ3) is 6.67. The van der Waals surface area contributed by atoms with Gasteiger partial charge in [0.05, 0.1) is 13.2 Å². The van der Waals surface area contributed by atoms with Gasteiger partial charge in [-0.1, -0.05) is 0 Å². The summed E-state index contributed by atoms with van der Waals surface area (Å²) in [5, 5.41) is 0. The summed E-state index contributed by atoms with van der Waals surface area (Å²) >= 11 is 0. The normalized spacial score (nSPS) is 16.5. The number of nitrogens with two attached hydrogens (primary N) is 1. The average Bonchev–Trinajstić information content (AvgIpc) is 2.60. The molecule has 0 aromatic heterocycles. The Kier molecular flexibility index (Phi) is 8.95. The van der Waals surface area contributed by atoms with E-state index in [2.05, 4.69) is 0 Å². The van der Waals surface area contributed by atoms with E-state index in [-0.39, 0.29) is 6.04 Å². The maximum absolute atomic E-state index is 6.12. The van der Waals surface area contributed by atoms with Crippen molar-refractivity contribution in [1.82, 2.24) is 0 Å². The molecular formula is C19H31NO4. The van der Waals surface area contributed by atoms with Crippen LogP contribution in [-0.2, 0) is 9.47 Å². The van der Waals surface area contributed by atoms with Gasteiger partial charge < -0.3 is 24.7 Å². The molecule has 0 saturated heterocycles. The molecule has 1 atom stereocenters. The van der Waals surface area contributed by atoms with Gasteiger partial charge in [-0.3, -0.25) is 0 Å². The predicted octanol–water partition coefficient (Wildman–Crippen LogP) is 3.46. The van der Waals surface area contributed by atoms with Gasteiger partial charge in [-0.15, -0.1) is 0 Å². The molecule has 0 aliphatic carbocycles. The van der Waals surface area contributed by atoms with Gasteiger partial charge in [0.25, 0.3) is 0 Å². The molecular weight excluding hydrogens is 306 g/mol. The molecule has 0 radical (unpaired) electrons. The SMILES string of the molecule is CCOCCCOCCCCCOc1ccc2c(c1)C(N)CCO2. The van der Waals surface area contributed by atoms with E-state index in [0.29, 0.717) is 6.61 Å². The first-order valence-corrected chi connectivity index (χ1v) is 9.12. The Bertz CT molecular complexity index is 467. The summed E-state index contributed by atoms with van der Waals surface area (Å²) in [6.45, 7) is 6.60. The van der Waals surface area contributed by atoms with Crippen LogP contribution in [0.15, 0.2) is 18.2 Å². The fourth-order valence-electron chi connectivity index (χ4n) is 2.67. The molecule has 5 heteroatoms. The number of fused-ring (bicyclic) bond motifs is 1. The number of benzene rings is 1. The molecule has 1 heterocycles. The van der Waals surface area contributed by atoms with Crippen LogP contribution in [0.2, 0.25) is 0 Å². The molecule has 1 unspecified atom stereocenters. The largest absolute Gasteiger partial charge is 0.494 e. The topological polar surface area (TPSA) is 62.9 Å². The molecule has 0 amide bonds. The Hall–Kier alpha value is -1.30. The van der Waals surface area contributed by atoms with Gasteiger partial charge in [0, 0.05) is 44.5 Å². The second-order valence-corrected chi connectivity index (χ2v) is 6.02. The molecule has 0 bridgehead atoms. The van der Waals surface area contributed by atoms with Gasteiger partial charge in [-0.05, 0) is 50.8 Å². The minimum absolute atomic E-state index is 0.0529. The van der Waals surface area contributed by atoms with Crippen molar-refractivity contribution < 1.29 is 18.9 Å². The highest BCUT2D eigenvalue weighted by Gasteiger charge is 2.18. The molecule has 0 saturated carbocycles. The predicted molar refractivity (Wildman–Crippen MR) is 94.8 cm³/mol. The first-order chi connectivity index (χ1) is 11.8. The van der Waals surface area contributed by atoms with E-state index in [1.165, 1.54) is 0 Å². The lowest BCUT2D eigenvalue weighted by Gasteiger charge is -2.23. The first-order valence-electron chi connectivity index (χ1n) is 9.12. The van der Waals surface area contributed by atoms with Crippen LogP contribution in [0.4, 0.5) is 0 Å². The molecule has 1 aliphatic heterocycles. The maximum atomic E-state index is 6.12. The molecule has 24 heavy (non-hydrogen) atoms. The minimum atomic E-state index is 0.0529. The van der Waals surface area contributed by atoms with Crippen LogP contribution in [-0.4, -0.2) is 39.6 Å². The minimum Gasteiger partial charge on any atom is -0.494 e. The van der Waals surface area contributed by atoms with Crippen molar-refractivity contribution in [2.45, 2.75) is 45.1 Å². The zero-order chi connectivity index (χ0) is 17.0. The second-order valence-electron chi connectivity index (χ2n) is 6.02. The molecule has 5 nitrogen and oxygen atoms in total. The molecule has 136 valence electrons. The monoisotopic (exact) mass is 337 g/mol. The molecule has 2 rings (SSSR count). The summed E-state index contributed by atoms with van der Waals surface area (Å²) in [5.74, 6) is 1.77. The van der Waals surface area contributed by atoms with Crippen molar-refractivity contribution in [1.29, 1.82) is 0 Å². The van der Waals surface area contributed by atoms with Crippen molar-refractivity contribution in [2.75, 3.05) is 39.6 Å². The second kappa shape index (κ2) is 11.3. The lowest BCUT2D eigenvalue weighted by Crippen LogP contribution is -2.20. The lowest BCUT2D eigenvalue weighted by molar-refractivity contribution is 0.0857. The van der Waals surface area contributed by atoms with Crippen molar-refractivity contribution in [3.63, 3.8) is 0 Å². The summed E-state index contributed by atoms with van der Waals surface area (Å²) in [6, 6.07) is 5.98. The van der Waals surface area contributed by atoms with E-state index in [4.69, 9.17) is 24.7 Å². The lowest BCUT2D eigenvalue weighted by atomic mass is 10.0. The zero-order valence-electron chi connectivity index (χ0n) is 14.8. The summed E-state index contributed by atoms with van der Waals surface area (Å²) in [6.07, 6.45) is 5.05. The Labute approximate surface area is 145 Å². The molecule has 2 N–H and O–H groups in total. The van der Waals surface area contributed by atoms with Gasteiger partial charge in [0.15, 0.2) is 0 Å². The van der Waals surface area contributed by atoms with Crippen molar-refractivity contribution in [2.24, 2.45) is 5.73 Å². The molecule has 1 aromatic carbocycles. The first kappa shape index (κ1) is 19.0. The molecule has 0 fully saturated rings. The van der Waals surface area contributed by atoms with E-state index in [9.17, 15) is 0 Å². The van der Waals surface area contributed by atoms with E-state index in [1.54, 1.807) is 0 Å². The molecule has 0 spiro atoms. The third-order valence-corrected chi connectivity index (χ3v) is 4.05. The van der Waals surface area contributed by atoms with Crippen LogP contribution >= 0.6 is 0 Å². The Morgan fingerprint density at radius 2 is 1.83 bits per heavy atom. The summed E-state index contributed by atoms with van der Waals surface area (Å²) < 4.78 is 22.3. The smallest absolute Gasteiger partial charge is 0.124 e. The standard InChI is InChI=1S/C19H31NO4/c1-2-21-11-6-12-22-10-4-3-5-13-23-16-7-8-19-17(15-16)18(20)9-14-24-19/h7-8,15,18H,2-6,9-14,20H2,1H3. The average molecular weight is 337 g/mol. The van der Waals surface area contributed by atoms with Crippen LogP contribution in [0.1, 0.15) is 50.6 Å². The van der Waals surface area contributed by atoms with Gasteiger partial charge in [-0.2, -0.15) is 0 Å². The van der Waals surface area contributed by atoms with E-state index in [0.717, 1.165) is 82.2 Å². The summed E-state index contributed by atoms with van der Waals surface area (Å²) in [4.78, 5) is 0. The van der Waals surface area contributed by atoms with Crippen LogP contribution < -0.4 is 15.2 Å². The van der Waals surface area contributed by atoms with Crippen LogP contribution in [0.3, 0.4) is 0 Å². The number of hydrogen-bond donors (Lipinski definition) is 1. The Morgan fingerprint density at radius 3 is 2.71 bits per heavy atom. The number of unbranched alkanes of at least 4 members (excludes halogenated alkanes) is 2. The number of ether oxygens (including phenoxy) is 4. The van der Waals surface area contributed by atoms with Gasteiger partial charge >= 0.3 is 0 Å².